The Balaban J connectivity index is 0.00000337. The van der Waals surface area contributed by atoms with Crippen molar-refractivity contribution in [3.8, 4) is 5.75 Å². The molecule has 0 aliphatic rings. The molecule has 234 valence electrons. The van der Waals surface area contributed by atoms with Crippen molar-refractivity contribution >= 4 is 99.1 Å². The maximum atomic E-state index is 12.9. The largest absolute Gasteiger partial charge is 0.485 e. The molecule has 0 radical (unpaired) electrons. The van der Waals surface area contributed by atoms with Gasteiger partial charge < -0.3 is 19.9 Å². The second-order valence-corrected chi connectivity index (χ2v) is 10.9. The topological polar surface area (TPSA) is 109 Å². The molecule has 1 aromatic carbocycles. The smallest absolute Gasteiger partial charge is 0.271 e. The molecule has 15 heteroatoms. The van der Waals surface area contributed by atoms with Crippen LogP contribution in [-0.4, -0.2) is 64.7 Å². The monoisotopic (exact) mass is 744 g/mol. The quantitative estimate of drug-likeness (QED) is 0.210. The third-order valence-electron chi connectivity index (χ3n) is 6.24. The molecule has 0 aliphatic heterocycles. The lowest BCUT2D eigenvalue weighted by Gasteiger charge is -2.21. The average Bonchev–Trinajstić information content (AvgIpc) is 3.27. The molecule has 44 heavy (non-hydrogen) atoms. The number of rotatable bonds is 9. The van der Waals surface area contributed by atoms with E-state index in [1.807, 2.05) is 23.6 Å². The standard InChI is InChI=1S/C29H27BrCl2N6O4.2ClH/c1-17-27(30)38-13-5-6-23(28(38)35-17)42-16-19-20(31)9-11-22(26(19)32)37(4)25(40)15-34-24(39)12-8-18-7-10-21(33-14-18)29(41)36(2)3;;/h5-14H,15-16H2,1-4H3,(H,34,39);2*1H/b12-8+;;. The van der Waals surface area contributed by atoms with Crippen LogP contribution in [0.5, 0.6) is 5.75 Å². The number of nitrogens with one attached hydrogen (secondary N) is 1. The maximum Gasteiger partial charge on any atom is 0.271 e. The van der Waals surface area contributed by atoms with Crippen LogP contribution in [-0.2, 0) is 16.2 Å². The van der Waals surface area contributed by atoms with Crippen molar-refractivity contribution in [2.24, 2.45) is 0 Å². The van der Waals surface area contributed by atoms with Gasteiger partial charge in [0.2, 0.25) is 11.8 Å². The van der Waals surface area contributed by atoms with Crippen molar-refractivity contribution in [3.63, 3.8) is 0 Å². The number of hydrogen-bond donors (Lipinski definition) is 1. The van der Waals surface area contributed by atoms with Crippen molar-refractivity contribution in [3.05, 3.63) is 92.0 Å². The van der Waals surface area contributed by atoms with Crippen LogP contribution in [0.1, 0.15) is 27.3 Å². The lowest BCUT2D eigenvalue weighted by Crippen LogP contribution is -2.37. The zero-order chi connectivity index (χ0) is 30.6. The number of carbonyl (C=O) groups is 3. The molecule has 4 rings (SSSR count). The Hall–Kier alpha value is -3.35. The van der Waals surface area contributed by atoms with Crippen LogP contribution in [0.4, 0.5) is 5.69 Å². The van der Waals surface area contributed by atoms with E-state index < -0.39 is 11.8 Å². The molecular weight excluding hydrogens is 718 g/mol. The number of benzene rings is 1. The molecule has 0 atom stereocenters. The summed E-state index contributed by atoms with van der Waals surface area (Å²) in [4.78, 5) is 48.6. The van der Waals surface area contributed by atoms with Crippen LogP contribution in [0.25, 0.3) is 11.7 Å². The van der Waals surface area contributed by atoms with Crippen LogP contribution >= 0.6 is 63.9 Å². The second-order valence-electron chi connectivity index (χ2n) is 9.38. The number of halogens is 5. The minimum atomic E-state index is -0.475. The van der Waals surface area contributed by atoms with E-state index in [1.54, 1.807) is 51.5 Å². The predicted molar refractivity (Wildman–Crippen MR) is 181 cm³/mol. The van der Waals surface area contributed by atoms with Crippen molar-refractivity contribution in [1.82, 2.24) is 24.6 Å². The maximum absolute atomic E-state index is 12.9. The number of carbonyl (C=O) groups excluding carboxylic acids is 3. The summed E-state index contributed by atoms with van der Waals surface area (Å²) in [5, 5.41) is 3.19. The Kier molecular flexibility index (Phi) is 13.5. The van der Waals surface area contributed by atoms with Crippen LogP contribution < -0.4 is 15.0 Å². The van der Waals surface area contributed by atoms with Crippen LogP contribution in [0.2, 0.25) is 10.0 Å². The van der Waals surface area contributed by atoms with E-state index in [-0.39, 0.29) is 48.9 Å². The van der Waals surface area contributed by atoms with Gasteiger partial charge in [-0.1, -0.05) is 29.3 Å². The molecule has 0 saturated heterocycles. The van der Waals surface area contributed by atoms with Crippen molar-refractivity contribution < 1.29 is 19.1 Å². The fraction of sp³-hybridized carbons (Fsp3) is 0.207. The summed E-state index contributed by atoms with van der Waals surface area (Å²) in [6, 6.07) is 10.1. The van der Waals surface area contributed by atoms with E-state index in [2.05, 4.69) is 31.2 Å². The Morgan fingerprint density at radius 2 is 1.82 bits per heavy atom. The van der Waals surface area contributed by atoms with Gasteiger partial charge in [0.1, 0.15) is 16.9 Å². The molecule has 0 fully saturated rings. The summed E-state index contributed by atoms with van der Waals surface area (Å²) in [7, 11) is 4.83. The highest BCUT2D eigenvalue weighted by Gasteiger charge is 2.20. The van der Waals surface area contributed by atoms with E-state index in [9.17, 15) is 14.4 Å². The number of amides is 3. The molecule has 3 aromatic heterocycles. The lowest BCUT2D eigenvalue weighted by atomic mass is 10.2. The first kappa shape index (κ1) is 36.8. The van der Waals surface area contributed by atoms with E-state index in [1.165, 1.54) is 28.1 Å². The van der Waals surface area contributed by atoms with Gasteiger partial charge in [-0.3, -0.25) is 23.8 Å². The highest BCUT2D eigenvalue weighted by Crippen LogP contribution is 2.35. The van der Waals surface area contributed by atoms with Gasteiger partial charge in [-0.05, 0) is 64.8 Å². The average molecular weight is 747 g/mol. The molecule has 0 spiro atoms. The minimum Gasteiger partial charge on any atom is -0.485 e. The van der Waals surface area contributed by atoms with Gasteiger partial charge in [0.15, 0.2) is 11.4 Å². The first-order valence-corrected chi connectivity index (χ1v) is 14.2. The Labute approximate surface area is 285 Å². The van der Waals surface area contributed by atoms with Crippen LogP contribution in [0.15, 0.2) is 59.5 Å². The van der Waals surface area contributed by atoms with Crippen molar-refractivity contribution in [2.75, 3.05) is 32.6 Å². The van der Waals surface area contributed by atoms with Gasteiger partial charge in [0.25, 0.3) is 5.91 Å². The molecule has 3 amide bonds. The number of anilines is 1. The SMILES string of the molecule is Cc1nc2c(OCc3c(Cl)ccc(N(C)C(=O)CNC(=O)/C=C/c4ccc(C(=O)N(C)C)nc4)c3Cl)cccn2c1Br.Cl.Cl. The summed E-state index contributed by atoms with van der Waals surface area (Å²) in [5.74, 6) is -0.556. The number of likely N-dealkylation sites (N-methyl/N-ethyl adjacent to an activating group) is 1. The van der Waals surface area contributed by atoms with Gasteiger partial charge in [0, 0.05) is 50.2 Å². The number of imidazole rings is 1. The Bertz CT molecular complexity index is 1700. The van der Waals surface area contributed by atoms with Gasteiger partial charge in [-0.25, -0.2) is 4.98 Å². The molecule has 0 aliphatic carbocycles. The Morgan fingerprint density at radius 3 is 2.48 bits per heavy atom. The van der Waals surface area contributed by atoms with Gasteiger partial charge in [-0.2, -0.15) is 0 Å². The molecule has 1 N–H and O–H groups in total. The van der Waals surface area contributed by atoms with Crippen LogP contribution in [0, 0.1) is 6.92 Å². The highest BCUT2D eigenvalue weighted by molar-refractivity contribution is 9.10. The molecule has 0 bridgehead atoms. The number of aromatic nitrogens is 3. The van der Waals surface area contributed by atoms with E-state index >= 15 is 0 Å². The molecule has 10 nitrogen and oxygen atoms in total. The number of fused-ring (bicyclic) bond motifs is 1. The van der Waals surface area contributed by atoms with Crippen LogP contribution in [0.3, 0.4) is 0 Å². The predicted octanol–water partition coefficient (Wildman–Crippen LogP) is 6.02. The molecule has 0 unspecified atom stereocenters. The fourth-order valence-electron chi connectivity index (χ4n) is 3.87. The summed E-state index contributed by atoms with van der Waals surface area (Å²) in [6.45, 7) is 1.66. The zero-order valence-corrected chi connectivity index (χ0v) is 28.7. The number of ether oxygens (including phenoxy) is 1. The van der Waals surface area contributed by atoms with Gasteiger partial charge in [-0.15, -0.1) is 24.8 Å². The number of hydrogen-bond acceptors (Lipinski definition) is 6. The fourth-order valence-corrected chi connectivity index (χ4v) is 4.85. The third kappa shape index (κ3) is 8.42. The van der Waals surface area contributed by atoms with E-state index in [4.69, 9.17) is 27.9 Å². The summed E-state index contributed by atoms with van der Waals surface area (Å²) < 4.78 is 8.73. The first-order valence-electron chi connectivity index (χ1n) is 12.6. The molecule has 3 heterocycles. The second kappa shape index (κ2) is 16.1. The Morgan fingerprint density at radius 1 is 1.09 bits per heavy atom. The van der Waals surface area contributed by atoms with E-state index in [0.717, 1.165) is 10.3 Å². The normalized spacial score (nSPS) is 10.6. The number of nitrogens with zero attached hydrogens (tertiary/aromatic N) is 5. The summed E-state index contributed by atoms with van der Waals surface area (Å²) in [5.41, 5.74) is 3.28. The molecule has 0 saturated carbocycles. The lowest BCUT2D eigenvalue weighted by molar-refractivity contribution is -0.122. The summed E-state index contributed by atoms with van der Waals surface area (Å²) >= 11 is 16.6. The third-order valence-corrected chi connectivity index (χ3v) is 7.97. The molecule has 4 aromatic rings. The van der Waals surface area contributed by atoms with Gasteiger partial charge in [0.05, 0.1) is 22.9 Å². The number of aryl methyl sites for hydroxylation is 1. The molecular formula is C29H29BrCl4N6O4. The highest BCUT2D eigenvalue weighted by atomic mass is 79.9. The summed E-state index contributed by atoms with van der Waals surface area (Å²) in [6.07, 6.45) is 6.17. The zero-order valence-electron chi connectivity index (χ0n) is 24.0. The first-order chi connectivity index (χ1) is 20.0. The number of pyridine rings is 2. The van der Waals surface area contributed by atoms with Gasteiger partial charge >= 0.3 is 0 Å². The minimum absolute atomic E-state index is 0. The van der Waals surface area contributed by atoms with E-state index in [0.29, 0.717) is 38.9 Å². The van der Waals surface area contributed by atoms with Crippen molar-refractivity contribution in [1.29, 1.82) is 0 Å². The van der Waals surface area contributed by atoms with Crippen molar-refractivity contribution in [2.45, 2.75) is 13.5 Å².